The Balaban J connectivity index is 1.31. The lowest BCUT2D eigenvalue weighted by atomic mass is 10.2. The third-order valence-corrected chi connectivity index (χ3v) is 6.48. The van der Waals surface area contributed by atoms with Gasteiger partial charge in [0, 0.05) is 11.3 Å². The molecule has 0 spiro atoms. The summed E-state index contributed by atoms with van der Waals surface area (Å²) in [6.07, 6.45) is 1.51. The minimum Gasteiger partial charge on any atom is -0.490 e. The highest BCUT2D eigenvalue weighted by atomic mass is 79.9. The van der Waals surface area contributed by atoms with Gasteiger partial charge in [-0.1, -0.05) is 48.5 Å². The fourth-order valence-corrected chi connectivity index (χ4v) is 4.27. The van der Waals surface area contributed by atoms with Gasteiger partial charge >= 0.3 is 0 Å². The normalized spacial score (nSPS) is 10.7. The van der Waals surface area contributed by atoms with Gasteiger partial charge in [0.15, 0.2) is 18.1 Å². The summed E-state index contributed by atoms with van der Waals surface area (Å²) in [6.45, 7) is 4.46. The second-order valence-corrected chi connectivity index (χ2v) is 9.76. The van der Waals surface area contributed by atoms with Crippen LogP contribution in [0.2, 0.25) is 0 Å². The Kier molecular flexibility index (Phi) is 10.5. The number of ether oxygens (including phenoxy) is 3. The van der Waals surface area contributed by atoms with Crippen molar-refractivity contribution >= 4 is 39.6 Å². The summed E-state index contributed by atoms with van der Waals surface area (Å²) in [5, 5.41) is 6.90. The average Bonchev–Trinajstić information content (AvgIpc) is 2.98. The molecule has 0 radical (unpaired) electrons. The van der Waals surface area contributed by atoms with Gasteiger partial charge in [0.2, 0.25) is 0 Å². The smallest absolute Gasteiger partial charge is 0.271 e. The van der Waals surface area contributed by atoms with Crippen LogP contribution in [0.4, 0.5) is 5.69 Å². The monoisotopic (exact) mass is 615 g/mol. The molecule has 2 N–H and O–H groups in total. The highest BCUT2D eigenvalue weighted by Crippen LogP contribution is 2.29. The summed E-state index contributed by atoms with van der Waals surface area (Å²) in [4.78, 5) is 25.0. The molecule has 0 unspecified atom stereocenters. The summed E-state index contributed by atoms with van der Waals surface area (Å²) >= 11 is 3.46. The first-order valence-electron chi connectivity index (χ1n) is 13.0. The lowest BCUT2D eigenvalue weighted by molar-refractivity contribution is -0.118. The molecule has 4 rings (SSSR count). The maximum atomic E-state index is 12.7. The van der Waals surface area contributed by atoms with E-state index in [9.17, 15) is 9.59 Å². The first kappa shape index (κ1) is 29.4. The Labute approximate surface area is 247 Å². The number of amides is 2. The summed E-state index contributed by atoms with van der Waals surface area (Å²) < 4.78 is 17.9. The number of aryl methyl sites for hydroxylation is 1. The van der Waals surface area contributed by atoms with Crippen molar-refractivity contribution in [2.24, 2.45) is 5.10 Å². The van der Waals surface area contributed by atoms with Crippen LogP contribution in [-0.2, 0) is 11.4 Å². The second-order valence-electron chi connectivity index (χ2n) is 8.91. The molecule has 0 fully saturated rings. The Morgan fingerprint density at radius 2 is 1.61 bits per heavy atom. The van der Waals surface area contributed by atoms with Crippen LogP contribution in [0.15, 0.2) is 101 Å². The largest absolute Gasteiger partial charge is 0.490 e. The predicted octanol–water partition coefficient (Wildman–Crippen LogP) is 6.52. The molecule has 8 nitrogen and oxygen atoms in total. The fraction of sp³-hybridized carbons (Fsp3) is 0.156. The van der Waals surface area contributed by atoms with E-state index in [4.69, 9.17) is 14.2 Å². The topological polar surface area (TPSA) is 98.3 Å². The highest BCUT2D eigenvalue weighted by Gasteiger charge is 2.12. The van der Waals surface area contributed by atoms with Crippen LogP contribution in [0.5, 0.6) is 17.2 Å². The second kappa shape index (κ2) is 14.7. The maximum Gasteiger partial charge on any atom is 0.271 e. The molecule has 0 saturated carbocycles. The fourth-order valence-electron chi connectivity index (χ4n) is 3.76. The first-order valence-corrected chi connectivity index (χ1v) is 13.8. The standard InChI is InChI=1S/C32H30BrN3O5/c1-3-39-30-18-25(14-16-29(30)40-20-23-10-5-4-6-11-23)32(38)36-34-19-24-13-15-28(26(33)17-24)41-21-31(37)35-27-12-8-7-9-22(27)2/h4-19H,3,20-21H2,1-2H3,(H,35,37)(H,36,38)/b34-19+. The van der Waals surface area contributed by atoms with Gasteiger partial charge in [-0.2, -0.15) is 5.10 Å². The van der Waals surface area contributed by atoms with Crippen molar-refractivity contribution in [3.05, 3.63) is 118 Å². The van der Waals surface area contributed by atoms with E-state index in [1.807, 2.05) is 68.4 Å². The third kappa shape index (κ3) is 8.68. The number of halogens is 1. The van der Waals surface area contributed by atoms with Crippen molar-refractivity contribution < 1.29 is 23.8 Å². The molecule has 0 bridgehead atoms. The lowest BCUT2D eigenvalue weighted by Crippen LogP contribution is -2.20. The van der Waals surface area contributed by atoms with Gasteiger partial charge in [0.1, 0.15) is 12.4 Å². The van der Waals surface area contributed by atoms with E-state index < -0.39 is 5.91 Å². The number of para-hydroxylation sites is 1. The molecule has 9 heteroatoms. The zero-order valence-corrected chi connectivity index (χ0v) is 24.3. The summed E-state index contributed by atoms with van der Waals surface area (Å²) in [6, 6.07) is 27.6. The Bertz CT molecular complexity index is 1530. The van der Waals surface area contributed by atoms with Crippen LogP contribution in [-0.4, -0.2) is 31.2 Å². The van der Waals surface area contributed by atoms with Gasteiger partial charge in [-0.3, -0.25) is 9.59 Å². The Morgan fingerprint density at radius 1 is 0.854 bits per heavy atom. The van der Waals surface area contributed by atoms with Gasteiger partial charge < -0.3 is 19.5 Å². The molecule has 0 heterocycles. The summed E-state index contributed by atoms with van der Waals surface area (Å²) in [7, 11) is 0. The number of benzene rings is 4. The minimum absolute atomic E-state index is 0.143. The average molecular weight is 617 g/mol. The van der Waals surface area contributed by atoms with Crippen LogP contribution >= 0.6 is 15.9 Å². The number of hydrazone groups is 1. The van der Waals surface area contributed by atoms with Crippen molar-refractivity contribution in [3.8, 4) is 17.2 Å². The Morgan fingerprint density at radius 3 is 2.37 bits per heavy atom. The number of hydrogen-bond acceptors (Lipinski definition) is 6. The molecular formula is C32H30BrN3O5. The number of hydrogen-bond donors (Lipinski definition) is 2. The highest BCUT2D eigenvalue weighted by molar-refractivity contribution is 9.10. The van der Waals surface area contributed by atoms with Crippen molar-refractivity contribution in [3.63, 3.8) is 0 Å². The SMILES string of the molecule is CCOc1cc(C(=O)N/N=C/c2ccc(OCC(=O)Nc3ccccc3C)c(Br)c2)ccc1OCc1ccccc1. The number of nitrogens with zero attached hydrogens (tertiary/aromatic N) is 1. The molecule has 4 aromatic rings. The number of carbonyl (C=O) groups is 2. The number of carbonyl (C=O) groups excluding carboxylic acids is 2. The van der Waals surface area contributed by atoms with Crippen molar-refractivity contribution in [1.29, 1.82) is 0 Å². The van der Waals surface area contributed by atoms with E-state index in [1.165, 1.54) is 6.21 Å². The molecule has 2 amide bonds. The number of anilines is 1. The van der Waals surface area contributed by atoms with E-state index in [0.29, 0.717) is 46.1 Å². The minimum atomic E-state index is -0.393. The number of nitrogens with one attached hydrogen (secondary N) is 2. The molecule has 4 aromatic carbocycles. The van der Waals surface area contributed by atoms with Crippen LogP contribution in [0, 0.1) is 6.92 Å². The van der Waals surface area contributed by atoms with E-state index >= 15 is 0 Å². The van der Waals surface area contributed by atoms with Gasteiger partial charge in [0.25, 0.3) is 11.8 Å². The zero-order chi connectivity index (χ0) is 29.0. The third-order valence-electron chi connectivity index (χ3n) is 5.86. The molecular weight excluding hydrogens is 586 g/mol. The Hall–Kier alpha value is -4.63. The van der Waals surface area contributed by atoms with E-state index in [0.717, 1.165) is 16.8 Å². The maximum absolute atomic E-state index is 12.7. The van der Waals surface area contributed by atoms with E-state index in [1.54, 1.807) is 36.4 Å². The van der Waals surface area contributed by atoms with Crippen LogP contribution in [0.1, 0.15) is 34.0 Å². The van der Waals surface area contributed by atoms with Crippen LogP contribution in [0.25, 0.3) is 0 Å². The summed E-state index contributed by atoms with van der Waals surface area (Å²) in [5.41, 5.74) is 6.37. The number of rotatable bonds is 12. The summed E-state index contributed by atoms with van der Waals surface area (Å²) in [5.74, 6) is 0.880. The zero-order valence-electron chi connectivity index (χ0n) is 22.7. The molecule has 0 saturated heterocycles. The quantitative estimate of drug-likeness (QED) is 0.140. The van der Waals surface area contributed by atoms with Crippen LogP contribution in [0.3, 0.4) is 0 Å². The first-order chi connectivity index (χ1) is 19.9. The molecule has 0 aliphatic heterocycles. The molecule has 0 aromatic heterocycles. The van der Waals surface area contributed by atoms with Crippen LogP contribution < -0.4 is 25.0 Å². The molecule has 0 aliphatic carbocycles. The van der Waals surface area contributed by atoms with Gasteiger partial charge in [-0.15, -0.1) is 0 Å². The van der Waals surface area contributed by atoms with Gasteiger partial charge in [-0.25, -0.2) is 5.43 Å². The van der Waals surface area contributed by atoms with Gasteiger partial charge in [0.05, 0.1) is 17.3 Å². The predicted molar refractivity (Wildman–Crippen MR) is 163 cm³/mol. The van der Waals surface area contributed by atoms with Crippen molar-refractivity contribution in [2.75, 3.05) is 18.5 Å². The van der Waals surface area contributed by atoms with Crippen molar-refractivity contribution in [1.82, 2.24) is 5.43 Å². The molecule has 0 atom stereocenters. The molecule has 41 heavy (non-hydrogen) atoms. The van der Waals surface area contributed by atoms with E-state index in [-0.39, 0.29) is 12.5 Å². The lowest BCUT2D eigenvalue weighted by Gasteiger charge is -2.13. The van der Waals surface area contributed by atoms with E-state index in [2.05, 4.69) is 31.8 Å². The van der Waals surface area contributed by atoms with Gasteiger partial charge in [-0.05, 0) is 88.9 Å². The van der Waals surface area contributed by atoms with Crippen molar-refractivity contribution in [2.45, 2.75) is 20.5 Å². The molecule has 0 aliphatic rings. The molecule has 210 valence electrons.